The van der Waals surface area contributed by atoms with Crippen molar-refractivity contribution < 1.29 is 4.79 Å². The molecule has 2 aliphatic carbocycles. The van der Waals surface area contributed by atoms with Crippen LogP contribution < -0.4 is 5.32 Å². The minimum Gasteiger partial charge on any atom is -0.352 e. The second-order valence-electron chi connectivity index (χ2n) is 5.66. The Kier molecular flexibility index (Phi) is 3.59. The summed E-state index contributed by atoms with van der Waals surface area (Å²) in [5, 5.41) is 3.11. The van der Waals surface area contributed by atoms with Gasteiger partial charge in [-0.3, -0.25) is 4.79 Å². The van der Waals surface area contributed by atoms with E-state index in [1.807, 2.05) is 24.3 Å². The van der Waals surface area contributed by atoms with E-state index in [0.717, 1.165) is 33.4 Å². The number of amides is 1. The third-order valence-electron chi connectivity index (χ3n) is 4.50. The molecule has 3 rings (SSSR count). The molecule has 0 heterocycles. The van der Waals surface area contributed by atoms with Crippen LogP contribution in [0.3, 0.4) is 0 Å². The molecule has 2 fully saturated rings. The number of fused-ring (bicyclic) bond motifs is 2. The maximum atomic E-state index is 12.0. The van der Waals surface area contributed by atoms with Gasteiger partial charge in [0.1, 0.15) is 0 Å². The minimum atomic E-state index is 0.0799. The van der Waals surface area contributed by atoms with Gasteiger partial charge in [0.25, 0.3) is 5.91 Å². The van der Waals surface area contributed by atoms with E-state index in [2.05, 4.69) is 27.9 Å². The van der Waals surface area contributed by atoms with Crippen molar-refractivity contribution in [3.8, 4) is 0 Å². The van der Waals surface area contributed by atoms with Crippen molar-refractivity contribution in [1.82, 2.24) is 5.32 Å². The maximum absolute atomic E-state index is 12.0. The third-order valence-corrected chi connectivity index (χ3v) is 5.17. The van der Waals surface area contributed by atoms with E-state index in [9.17, 15) is 4.79 Å². The van der Waals surface area contributed by atoms with Crippen molar-refractivity contribution >= 4 is 28.5 Å². The molecule has 2 bridgehead atoms. The first-order valence-electron chi connectivity index (χ1n) is 6.76. The van der Waals surface area contributed by atoms with Gasteiger partial charge >= 0.3 is 0 Å². The number of nitrogens with one attached hydrogen (secondary N) is 1. The molecule has 0 spiro atoms. The van der Waals surface area contributed by atoms with Crippen molar-refractivity contribution in [3.63, 3.8) is 0 Å². The number of carbonyl (C=O) groups excluding carboxylic acids is 1. The van der Waals surface area contributed by atoms with Gasteiger partial charge in [-0.2, -0.15) is 0 Å². The fourth-order valence-electron chi connectivity index (χ4n) is 3.58. The van der Waals surface area contributed by atoms with Crippen molar-refractivity contribution in [2.75, 3.05) is 6.54 Å². The fraction of sp³-hybridized carbons (Fsp3) is 0.533. The predicted octanol–water partition coefficient (Wildman–Crippen LogP) is 3.46. The largest absolute Gasteiger partial charge is 0.352 e. The van der Waals surface area contributed by atoms with E-state index in [4.69, 9.17) is 0 Å². The molecule has 3 unspecified atom stereocenters. The normalized spacial score (nSPS) is 29.5. The smallest absolute Gasteiger partial charge is 0.251 e. The van der Waals surface area contributed by atoms with Crippen LogP contribution in [0, 0.1) is 21.3 Å². The lowest BCUT2D eigenvalue weighted by atomic mass is 9.89. The predicted molar refractivity (Wildman–Crippen MR) is 80.4 cm³/mol. The highest BCUT2D eigenvalue weighted by molar-refractivity contribution is 14.1. The minimum absolute atomic E-state index is 0.0799. The molecule has 3 atom stereocenters. The van der Waals surface area contributed by atoms with Crippen LogP contribution in [0.2, 0.25) is 0 Å². The first-order valence-corrected chi connectivity index (χ1v) is 7.84. The van der Waals surface area contributed by atoms with Crippen molar-refractivity contribution in [2.24, 2.45) is 17.8 Å². The summed E-state index contributed by atoms with van der Waals surface area (Å²) in [4.78, 5) is 12.0. The van der Waals surface area contributed by atoms with Gasteiger partial charge in [-0.1, -0.05) is 12.5 Å². The Labute approximate surface area is 122 Å². The summed E-state index contributed by atoms with van der Waals surface area (Å²) in [7, 11) is 0. The van der Waals surface area contributed by atoms with Crippen molar-refractivity contribution in [1.29, 1.82) is 0 Å². The van der Waals surface area contributed by atoms with E-state index >= 15 is 0 Å². The highest BCUT2D eigenvalue weighted by atomic mass is 127. The number of benzene rings is 1. The Morgan fingerprint density at radius 2 is 2.22 bits per heavy atom. The number of carbonyl (C=O) groups is 1. The van der Waals surface area contributed by atoms with Crippen LogP contribution in [0.4, 0.5) is 0 Å². The van der Waals surface area contributed by atoms with Gasteiger partial charge in [0.05, 0.1) is 0 Å². The molecule has 1 N–H and O–H groups in total. The number of rotatable bonds is 3. The molecule has 2 saturated carbocycles. The highest BCUT2D eigenvalue weighted by Gasteiger charge is 2.39. The van der Waals surface area contributed by atoms with Crippen LogP contribution in [-0.2, 0) is 0 Å². The molecule has 1 aromatic rings. The second kappa shape index (κ2) is 5.19. The van der Waals surface area contributed by atoms with Gasteiger partial charge in [0.2, 0.25) is 0 Å². The van der Waals surface area contributed by atoms with E-state index in [-0.39, 0.29) is 5.91 Å². The summed E-state index contributed by atoms with van der Waals surface area (Å²) in [5.41, 5.74) is 0.782. The zero-order valence-corrected chi connectivity index (χ0v) is 12.5. The van der Waals surface area contributed by atoms with Crippen LogP contribution in [0.1, 0.15) is 36.0 Å². The molecule has 2 aliphatic rings. The molecule has 18 heavy (non-hydrogen) atoms. The molecule has 1 aromatic carbocycles. The van der Waals surface area contributed by atoms with Crippen LogP contribution in [0.25, 0.3) is 0 Å². The monoisotopic (exact) mass is 355 g/mol. The topological polar surface area (TPSA) is 29.1 Å². The quantitative estimate of drug-likeness (QED) is 0.827. The molecule has 3 heteroatoms. The third kappa shape index (κ3) is 2.56. The van der Waals surface area contributed by atoms with Crippen LogP contribution in [-0.4, -0.2) is 12.5 Å². The Balaban J connectivity index is 1.56. The molecule has 0 radical (unpaired) electrons. The Morgan fingerprint density at radius 1 is 1.33 bits per heavy atom. The SMILES string of the molecule is O=C(NCC1CC2CCC1C2)c1cccc(I)c1. The van der Waals surface area contributed by atoms with Gasteiger partial charge in [-0.15, -0.1) is 0 Å². The first kappa shape index (κ1) is 12.5. The van der Waals surface area contributed by atoms with Crippen molar-refractivity contribution in [3.05, 3.63) is 33.4 Å². The molecule has 1 amide bonds. The summed E-state index contributed by atoms with van der Waals surface area (Å²) >= 11 is 2.24. The Morgan fingerprint density at radius 3 is 2.89 bits per heavy atom. The van der Waals surface area contributed by atoms with E-state index in [0.29, 0.717) is 0 Å². The summed E-state index contributed by atoms with van der Waals surface area (Å²) in [6.07, 6.45) is 5.54. The van der Waals surface area contributed by atoms with E-state index < -0.39 is 0 Å². The van der Waals surface area contributed by atoms with Gasteiger partial charge in [-0.25, -0.2) is 0 Å². The molecule has 2 nitrogen and oxygen atoms in total. The number of hydrogen-bond acceptors (Lipinski definition) is 1. The zero-order valence-electron chi connectivity index (χ0n) is 10.4. The van der Waals surface area contributed by atoms with E-state index in [1.165, 1.54) is 25.7 Å². The van der Waals surface area contributed by atoms with Crippen LogP contribution in [0.5, 0.6) is 0 Å². The molecule has 0 aromatic heterocycles. The summed E-state index contributed by atoms with van der Waals surface area (Å²) in [6, 6.07) is 7.77. The molecule has 0 saturated heterocycles. The average molecular weight is 355 g/mol. The molecule has 0 aliphatic heterocycles. The van der Waals surface area contributed by atoms with E-state index in [1.54, 1.807) is 0 Å². The van der Waals surface area contributed by atoms with Crippen molar-refractivity contribution in [2.45, 2.75) is 25.7 Å². The van der Waals surface area contributed by atoms with Gasteiger partial charge in [0.15, 0.2) is 0 Å². The summed E-state index contributed by atoms with van der Waals surface area (Å²) in [6.45, 7) is 0.867. The Bertz CT molecular complexity index is 460. The fourth-order valence-corrected chi connectivity index (χ4v) is 4.13. The summed E-state index contributed by atoms with van der Waals surface area (Å²) < 4.78 is 1.11. The summed E-state index contributed by atoms with van der Waals surface area (Å²) in [5.74, 6) is 2.65. The molecular formula is C15H18INO. The molecule has 96 valence electrons. The lowest BCUT2D eigenvalue weighted by Gasteiger charge is -2.21. The Hall–Kier alpha value is -0.580. The van der Waals surface area contributed by atoms with Gasteiger partial charge < -0.3 is 5.32 Å². The number of halogens is 1. The zero-order chi connectivity index (χ0) is 12.5. The average Bonchev–Trinajstić information content (AvgIpc) is 2.98. The van der Waals surface area contributed by atoms with Crippen LogP contribution in [0.15, 0.2) is 24.3 Å². The van der Waals surface area contributed by atoms with Gasteiger partial charge in [0, 0.05) is 15.7 Å². The van der Waals surface area contributed by atoms with Gasteiger partial charge in [-0.05, 0) is 77.8 Å². The highest BCUT2D eigenvalue weighted by Crippen LogP contribution is 2.47. The lowest BCUT2D eigenvalue weighted by molar-refractivity contribution is 0.0941. The lowest BCUT2D eigenvalue weighted by Crippen LogP contribution is -2.31. The number of hydrogen-bond donors (Lipinski definition) is 1. The maximum Gasteiger partial charge on any atom is 0.251 e. The standard InChI is InChI=1S/C15H18INO/c16-14-3-1-2-12(8-14)15(18)17-9-13-7-10-4-5-11(13)6-10/h1-3,8,10-11,13H,4-7,9H2,(H,17,18). The molecular weight excluding hydrogens is 337 g/mol. The first-order chi connectivity index (χ1) is 8.72. The van der Waals surface area contributed by atoms with Crippen LogP contribution >= 0.6 is 22.6 Å². The second-order valence-corrected chi connectivity index (χ2v) is 6.90.